The zero-order valence-electron chi connectivity index (χ0n) is 12.5. The molecule has 0 bridgehead atoms. The van der Waals surface area contributed by atoms with Crippen molar-refractivity contribution in [2.45, 2.75) is 6.61 Å². The summed E-state index contributed by atoms with van der Waals surface area (Å²) in [5.41, 5.74) is 0.598. The normalized spacial score (nSPS) is 10.7. The second kappa shape index (κ2) is 7.56. The third-order valence-electron chi connectivity index (χ3n) is 3.31. The molecule has 0 spiro atoms. The Bertz CT molecular complexity index is 957. The summed E-state index contributed by atoms with van der Waals surface area (Å²) in [6.07, 6.45) is 0. The van der Waals surface area contributed by atoms with E-state index >= 15 is 0 Å². The molecule has 3 aromatic rings. The number of nitrogens with zero attached hydrogens (tertiary/aromatic N) is 2. The molecule has 0 aliphatic heterocycles. The summed E-state index contributed by atoms with van der Waals surface area (Å²) in [6.45, 7) is 0.164. The van der Waals surface area contributed by atoms with E-state index in [1.54, 1.807) is 30.3 Å². The number of halogens is 4. The smallest absolute Gasteiger partial charge is 0.275 e. The summed E-state index contributed by atoms with van der Waals surface area (Å²) < 4.78 is 19.9. The van der Waals surface area contributed by atoms with Crippen LogP contribution in [0.25, 0.3) is 5.69 Å². The number of aromatic nitrogens is 2. The molecule has 0 saturated heterocycles. The Labute approximate surface area is 160 Å². The van der Waals surface area contributed by atoms with E-state index < -0.39 is 5.56 Å². The molecule has 1 heterocycles. The summed E-state index contributed by atoms with van der Waals surface area (Å²) in [7, 11) is 0. The molecule has 8 heteroatoms. The van der Waals surface area contributed by atoms with Crippen LogP contribution in [-0.2, 0) is 6.61 Å². The first kappa shape index (κ1) is 17.9. The molecule has 0 aliphatic carbocycles. The van der Waals surface area contributed by atoms with Gasteiger partial charge in [-0.05, 0) is 45.8 Å². The Balaban J connectivity index is 1.90. The molecule has 0 unspecified atom stereocenters. The maximum absolute atomic E-state index is 12.9. The molecule has 128 valence electrons. The molecule has 3 rings (SSSR count). The zero-order valence-corrected chi connectivity index (χ0v) is 15.6. The van der Waals surface area contributed by atoms with Crippen LogP contribution in [0.4, 0.5) is 4.39 Å². The minimum atomic E-state index is -0.452. The number of hydrogen-bond donors (Lipinski definition) is 0. The average Bonchev–Trinajstić information content (AvgIpc) is 2.57. The minimum absolute atomic E-state index is 0.164. The third-order valence-corrected chi connectivity index (χ3v) is 4.47. The summed E-state index contributed by atoms with van der Waals surface area (Å²) in [4.78, 5) is 12.4. The molecule has 25 heavy (non-hydrogen) atoms. The van der Waals surface area contributed by atoms with E-state index in [-0.39, 0.29) is 18.2 Å². The van der Waals surface area contributed by atoms with Crippen LogP contribution < -0.4 is 10.3 Å². The third kappa shape index (κ3) is 4.03. The van der Waals surface area contributed by atoms with Gasteiger partial charge in [-0.2, -0.15) is 9.78 Å². The first-order valence-corrected chi connectivity index (χ1v) is 8.62. The lowest BCUT2D eigenvalue weighted by molar-refractivity contribution is 0.300. The molecule has 0 radical (unpaired) electrons. The summed E-state index contributed by atoms with van der Waals surface area (Å²) in [5, 5.41) is 4.76. The fourth-order valence-corrected chi connectivity index (χ4v) is 3.06. The molecular formula is C17H10BrCl2FN2O2. The van der Waals surface area contributed by atoms with Crippen molar-refractivity contribution < 1.29 is 9.13 Å². The Morgan fingerprint density at radius 2 is 1.76 bits per heavy atom. The van der Waals surface area contributed by atoms with E-state index in [0.29, 0.717) is 20.3 Å². The molecule has 1 aromatic heterocycles. The number of hydrogen-bond acceptors (Lipinski definition) is 3. The largest absolute Gasteiger partial charge is 0.486 e. The molecule has 0 amide bonds. The van der Waals surface area contributed by atoms with Crippen LogP contribution in [0.3, 0.4) is 0 Å². The van der Waals surface area contributed by atoms with Crippen LogP contribution in [-0.4, -0.2) is 9.78 Å². The molecule has 0 saturated carbocycles. The van der Waals surface area contributed by atoms with Crippen molar-refractivity contribution >= 4 is 39.1 Å². The second-order valence-electron chi connectivity index (χ2n) is 5.03. The van der Waals surface area contributed by atoms with E-state index in [9.17, 15) is 9.18 Å². The Hall–Kier alpha value is -1.89. The lowest BCUT2D eigenvalue weighted by Crippen LogP contribution is -2.21. The van der Waals surface area contributed by atoms with Crippen LogP contribution >= 0.6 is 39.1 Å². The summed E-state index contributed by atoms with van der Waals surface area (Å²) in [5.74, 6) is -0.0698. The molecule has 4 nitrogen and oxygen atoms in total. The molecule has 2 aromatic carbocycles. The highest BCUT2D eigenvalue weighted by Crippen LogP contribution is 2.28. The minimum Gasteiger partial charge on any atom is -0.486 e. The predicted molar refractivity (Wildman–Crippen MR) is 98.3 cm³/mol. The lowest BCUT2D eigenvalue weighted by Gasteiger charge is -2.12. The monoisotopic (exact) mass is 442 g/mol. The van der Waals surface area contributed by atoms with Crippen molar-refractivity contribution in [3.63, 3.8) is 0 Å². The first-order valence-electron chi connectivity index (χ1n) is 7.07. The Kier molecular flexibility index (Phi) is 5.42. The van der Waals surface area contributed by atoms with Gasteiger partial charge in [0.05, 0.1) is 16.1 Å². The fraction of sp³-hybridized carbons (Fsp3) is 0.0588. The van der Waals surface area contributed by atoms with E-state index in [1.165, 1.54) is 18.2 Å². The number of ether oxygens (including phenoxy) is 1. The van der Waals surface area contributed by atoms with E-state index in [4.69, 9.17) is 27.9 Å². The lowest BCUT2D eigenvalue weighted by atomic mass is 10.2. The Morgan fingerprint density at radius 3 is 2.40 bits per heavy atom. The highest BCUT2D eigenvalue weighted by atomic mass is 79.9. The summed E-state index contributed by atoms with van der Waals surface area (Å²) >= 11 is 15.5. The zero-order chi connectivity index (χ0) is 18.0. The number of rotatable bonds is 4. The molecule has 0 N–H and O–H groups in total. The van der Waals surface area contributed by atoms with Gasteiger partial charge >= 0.3 is 0 Å². The van der Waals surface area contributed by atoms with Gasteiger partial charge in [-0.25, -0.2) is 4.39 Å². The van der Waals surface area contributed by atoms with Crippen molar-refractivity contribution in [2.24, 2.45) is 0 Å². The van der Waals surface area contributed by atoms with Crippen LogP contribution in [0.15, 0.2) is 57.9 Å². The Morgan fingerprint density at radius 1 is 1.12 bits per heavy atom. The van der Waals surface area contributed by atoms with Gasteiger partial charge in [0.25, 0.3) is 5.56 Å². The van der Waals surface area contributed by atoms with Gasteiger partial charge in [-0.3, -0.25) is 4.79 Å². The second-order valence-corrected chi connectivity index (χ2v) is 6.60. The predicted octanol–water partition coefficient (Wildman–Crippen LogP) is 5.02. The first-order chi connectivity index (χ1) is 12.0. The highest BCUT2D eigenvalue weighted by Gasteiger charge is 2.14. The van der Waals surface area contributed by atoms with Gasteiger partial charge < -0.3 is 4.74 Å². The molecule has 0 aliphatic rings. The van der Waals surface area contributed by atoms with Crippen molar-refractivity contribution in [1.29, 1.82) is 0 Å². The van der Waals surface area contributed by atoms with Gasteiger partial charge in [0.1, 0.15) is 18.1 Å². The van der Waals surface area contributed by atoms with Gasteiger partial charge in [0.15, 0.2) is 10.4 Å². The molecule has 0 atom stereocenters. The van der Waals surface area contributed by atoms with E-state index in [2.05, 4.69) is 21.0 Å². The maximum Gasteiger partial charge on any atom is 0.275 e. The average molecular weight is 444 g/mol. The van der Waals surface area contributed by atoms with Crippen molar-refractivity contribution in [1.82, 2.24) is 9.78 Å². The SMILES string of the molecule is O=c1cc(OCc2ccc(F)cc2)c(Br)nn1-c1c(Cl)cccc1Cl. The van der Waals surface area contributed by atoms with Crippen LogP contribution in [0.2, 0.25) is 10.0 Å². The molecule has 0 fully saturated rings. The van der Waals surface area contributed by atoms with E-state index in [1.807, 2.05) is 0 Å². The van der Waals surface area contributed by atoms with E-state index in [0.717, 1.165) is 10.2 Å². The fourth-order valence-electron chi connectivity index (χ4n) is 2.11. The van der Waals surface area contributed by atoms with Gasteiger partial charge in [0.2, 0.25) is 0 Å². The standard InChI is InChI=1S/C17H10BrCl2FN2O2/c18-17-14(25-9-10-4-6-11(21)7-5-10)8-15(24)23(22-17)16-12(19)2-1-3-13(16)20/h1-8H,9H2. The van der Waals surface area contributed by atoms with Crippen LogP contribution in [0, 0.1) is 5.82 Å². The van der Waals surface area contributed by atoms with Crippen molar-refractivity contribution in [2.75, 3.05) is 0 Å². The number of para-hydroxylation sites is 1. The number of benzene rings is 2. The quantitative estimate of drug-likeness (QED) is 0.568. The highest BCUT2D eigenvalue weighted by molar-refractivity contribution is 9.10. The van der Waals surface area contributed by atoms with Crippen molar-refractivity contribution in [3.05, 3.63) is 84.9 Å². The summed E-state index contributed by atoms with van der Waals surface area (Å²) in [6, 6.07) is 12.1. The van der Waals surface area contributed by atoms with Gasteiger partial charge in [0, 0.05) is 0 Å². The maximum atomic E-state index is 12.9. The van der Waals surface area contributed by atoms with Crippen molar-refractivity contribution in [3.8, 4) is 11.4 Å². The molecular weight excluding hydrogens is 434 g/mol. The van der Waals surface area contributed by atoms with Crippen LogP contribution in [0.1, 0.15) is 5.56 Å². The topological polar surface area (TPSA) is 44.1 Å². The van der Waals surface area contributed by atoms with Crippen LogP contribution in [0.5, 0.6) is 5.75 Å². The van der Waals surface area contributed by atoms with Gasteiger partial charge in [-0.1, -0.05) is 41.4 Å². The van der Waals surface area contributed by atoms with Gasteiger partial charge in [-0.15, -0.1) is 0 Å².